The molecule has 0 atom stereocenters. The molecule has 1 heterocycles. The Hall–Kier alpha value is -2.78. The highest BCUT2D eigenvalue weighted by atomic mass is 16.5. The van der Waals surface area contributed by atoms with Gasteiger partial charge in [0.15, 0.2) is 5.69 Å². The fourth-order valence-corrected chi connectivity index (χ4v) is 1.41. The summed E-state index contributed by atoms with van der Waals surface area (Å²) in [5.74, 6) is 6.72. The van der Waals surface area contributed by atoms with Crippen LogP contribution in [0.4, 0.5) is 0 Å². The Morgan fingerprint density at radius 2 is 1.89 bits per heavy atom. The molecule has 0 amide bonds. The minimum absolute atomic E-state index is 0.346. The third kappa shape index (κ3) is 2.66. The molecule has 2 aromatic rings. The first kappa shape index (κ1) is 11.7. The van der Waals surface area contributed by atoms with Gasteiger partial charge in [0.1, 0.15) is 11.8 Å². The molecule has 3 heteroatoms. The van der Waals surface area contributed by atoms with E-state index in [9.17, 15) is 0 Å². The smallest absolute Gasteiger partial charge is 0.156 e. The second-order valence-electron chi connectivity index (χ2n) is 3.49. The van der Waals surface area contributed by atoms with Gasteiger partial charge in [-0.15, -0.1) is 0 Å². The van der Waals surface area contributed by atoms with Crippen molar-refractivity contribution in [2.75, 3.05) is 7.11 Å². The lowest BCUT2D eigenvalue weighted by Gasteiger charge is -1.97. The predicted octanol–water partition coefficient (Wildman–Crippen LogP) is 2.36. The monoisotopic (exact) mass is 234 g/mol. The first-order valence-corrected chi connectivity index (χ1v) is 5.34. The predicted molar refractivity (Wildman–Crippen MR) is 67.9 cm³/mol. The number of ether oxygens (including phenoxy) is 1. The minimum Gasteiger partial charge on any atom is -0.497 e. The number of pyridine rings is 1. The number of rotatable bonds is 1. The van der Waals surface area contributed by atoms with Crippen molar-refractivity contribution in [3.8, 4) is 23.7 Å². The van der Waals surface area contributed by atoms with E-state index in [4.69, 9.17) is 10.00 Å². The number of methoxy groups -OCH3 is 1. The fourth-order valence-electron chi connectivity index (χ4n) is 1.41. The van der Waals surface area contributed by atoms with Gasteiger partial charge < -0.3 is 4.74 Å². The number of hydrogen-bond donors (Lipinski definition) is 0. The number of nitrogens with zero attached hydrogens (tertiary/aromatic N) is 2. The van der Waals surface area contributed by atoms with E-state index in [0.29, 0.717) is 11.3 Å². The summed E-state index contributed by atoms with van der Waals surface area (Å²) in [5.41, 5.74) is 1.85. The van der Waals surface area contributed by atoms with Gasteiger partial charge in [0, 0.05) is 11.8 Å². The Balaban J connectivity index is 2.28. The Kier molecular flexibility index (Phi) is 3.59. The normalized spacial score (nSPS) is 8.89. The van der Waals surface area contributed by atoms with Gasteiger partial charge in [-0.2, -0.15) is 5.26 Å². The number of nitriles is 1. The summed E-state index contributed by atoms with van der Waals surface area (Å²) >= 11 is 0. The van der Waals surface area contributed by atoms with Crippen molar-refractivity contribution >= 4 is 0 Å². The summed E-state index contributed by atoms with van der Waals surface area (Å²) in [4.78, 5) is 3.95. The van der Waals surface area contributed by atoms with Crippen molar-refractivity contribution in [3.63, 3.8) is 0 Å². The van der Waals surface area contributed by atoms with E-state index in [1.54, 1.807) is 25.4 Å². The van der Waals surface area contributed by atoms with Gasteiger partial charge in [0.25, 0.3) is 0 Å². The molecule has 0 spiro atoms. The van der Waals surface area contributed by atoms with Crippen molar-refractivity contribution < 1.29 is 4.74 Å². The SMILES string of the molecule is COc1ccc(C#Cc2cccnc2C#N)cc1. The molecule has 0 aliphatic carbocycles. The zero-order valence-corrected chi connectivity index (χ0v) is 9.84. The van der Waals surface area contributed by atoms with Crippen molar-refractivity contribution in [3.05, 3.63) is 59.4 Å². The average Bonchev–Trinajstić information content (AvgIpc) is 2.46. The van der Waals surface area contributed by atoms with Crippen LogP contribution in [0.5, 0.6) is 5.75 Å². The first-order valence-electron chi connectivity index (χ1n) is 5.34. The Morgan fingerprint density at radius 1 is 1.11 bits per heavy atom. The van der Waals surface area contributed by atoms with Gasteiger partial charge in [-0.1, -0.05) is 11.8 Å². The molecule has 0 bridgehead atoms. The van der Waals surface area contributed by atoms with Gasteiger partial charge >= 0.3 is 0 Å². The summed E-state index contributed by atoms with van der Waals surface area (Å²) in [6.07, 6.45) is 1.58. The second kappa shape index (κ2) is 5.52. The average molecular weight is 234 g/mol. The molecule has 0 aliphatic heterocycles. The summed E-state index contributed by atoms with van der Waals surface area (Å²) in [6, 6.07) is 13.0. The van der Waals surface area contributed by atoms with Crippen LogP contribution in [0.2, 0.25) is 0 Å². The van der Waals surface area contributed by atoms with Crippen LogP contribution >= 0.6 is 0 Å². The molecule has 2 rings (SSSR count). The van der Waals surface area contributed by atoms with E-state index in [1.807, 2.05) is 30.3 Å². The number of hydrogen-bond acceptors (Lipinski definition) is 3. The number of aromatic nitrogens is 1. The van der Waals surface area contributed by atoms with Gasteiger partial charge in [-0.05, 0) is 36.4 Å². The molecule has 1 aromatic carbocycles. The summed E-state index contributed by atoms with van der Waals surface area (Å²) < 4.78 is 5.07. The van der Waals surface area contributed by atoms with Crippen molar-refractivity contribution in [1.82, 2.24) is 4.98 Å². The molecular weight excluding hydrogens is 224 g/mol. The van der Waals surface area contributed by atoms with E-state index in [2.05, 4.69) is 16.8 Å². The van der Waals surface area contributed by atoms with Gasteiger partial charge in [0.2, 0.25) is 0 Å². The maximum atomic E-state index is 8.89. The van der Waals surface area contributed by atoms with Crippen molar-refractivity contribution in [2.45, 2.75) is 0 Å². The zero-order valence-electron chi connectivity index (χ0n) is 9.84. The molecule has 0 saturated carbocycles. The summed E-state index contributed by atoms with van der Waals surface area (Å²) in [7, 11) is 1.62. The van der Waals surface area contributed by atoms with Crippen LogP contribution in [-0.2, 0) is 0 Å². The third-order valence-electron chi connectivity index (χ3n) is 2.35. The molecule has 86 valence electrons. The summed E-state index contributed by atoms with van der Waals surface area (Å²) in [5, 5.41) is 8.89. The lowest BCUT2D eigenvalue weighted by molar-refractivity contribution is 0.415. The van der Waals surface area contributed by atoms with Crippen LogP contribution in [0.15, 0.2) is 42.6 Å². The Labute approximate surface area is 106 Å². The van der Waals surface area contributed by atoms with Crippen LogP contribution in [-0.4, -0.2) is 12.1 Å². The van der Waals surface area contributed by atoms with Crippen molar-refractivity contribution in [1.29, 1.82) is 5.26 Å². The highest BCUT2D eigenvalue weighted by Gasteiger charge is 1.97. The highest BCUT2D eigenvalue weighted by Crippen LogP contribution is 2.10. The molecule has 0 unspecified atom stereocenters. The minimum atomic E-state index is 0.346. The molecular formula is C15H10N2O. The van der Waals surface area contributed by atoms with Crippen molar-refractivity contribution in [2.24, 2.45) is 0 Å². The fraction of sp³-hybridized carbons (Fsp3) is 0.0667. The van der Waals surface area contributed by atoms with E-state index in [0.717, 1.165) is 11.3 Å². The van der Waals surface area contributed by atoms with Crippen LogP contribution in [0.3, 0.4) is 0 Å². The molecule has 18 heavy (non-hydrogen) atoms. The first-order chi connectivity index (χ1) is 8.83. The van der Waals surface area contributed by atoms with E-state index < -0.39 is 0 Å². The molecule has 0 N–H and O–H groups in total. The topological polar surface area (TPSA) is 45.9 Å². The van der Waals surface area contributed by atoms with Crippen LogP contribution in [0, 0.1) is 23.2 Å². The maximum Gasteiger partial charge on any atom is 0.156 e. The molecule has 0 saturated heterocycles. The van der Waals surface area contributed by atoms with E-state index in [-0.39, 0.29) is 0 Å². The quantitative estimate of drug-likeness (QED) is 0.711. The highest BCUT2D eigenvalue weighted by molar-refractivity contribution is 5.48. The van der Waals surface area contributed by atoms with Gasteiger partial charge in [0.05, 0.1) is 12.7 Å². The molecule has 3 nitrogen and oxygen atoms in total. The molecule has 0 radical (unpaired) electrons. The molecule has 0 aliphatic rings. The van der Waals surface area contributed by atoms with E-state index in [1.165, 1.54) is 0 Å². The van der Waals surface area contributed by atoms with Crippen LogP contribution in [0.25, 0.3) is 0 Å². The zero-order chi connectivity index (χ0) is 12.8. The summed E-state index contributed by atoms with van der Waals surface area (Å²) in [6.45, 7) is 0. The second-order valence-corrected chi connectivity index (χ2v) is 3.49. The van der Waals surface area contributed by atoms with Crippen LogP contribution < -0.4 is 4.74 Å². The molecule has 0 fully saturated rings. The Bertz CT molecular complexity index is 643. The lowest BCUT2D eigenvalue weighted by Crippen LogP contribution is -1.87. The number of benzene rings is 1. The third-order valence-corrected chi connectivity index (χ3v) is 2.35. The van der Waals surface area contributed by atoms with E-state index >= 15 is 0 Å². The Morgan fingerprint density at radius 3 is 2.56 bits per heavy atom. The van der Waals surface area contributed by atoms with Crippen LogP contribution in [0.1, 0.15) is 16.8 Å². The lowest BCUT2D eigenvalue weighted by atomic mass is 10.1. The standard InChI is InChI=1S/C15H10N2O/c1-18-14-8-5-12(6-9-14)4-7-13-3-2-10-17-15(13)11-16/h2-3,5-6,8-10H,1H3. The maximum absolute atomic E-state index is 8.89. The van der Waals surface area contributed by atoms with Gasteiger partial charge in [-0.25, -0.2) is 4.98 Å². The van der Waals surface area contributed by atoms with Gasteiger partial charge in [-0.3, -0.25) is 0 Å². The largest absolute Gasteiger partial charge is 0.497 e. The molecule has 1 aromatic heterocycles.